The fourth-order valence-electron chi connectivity index (χ4n) is 10.8. The monoisotopic (exact) mass is 822 g/mol. The van der Waals surface area contributed by atoms with Crippen LogP contribution < -0.4 is 9.30 Å². The minimum Gasteiger partial charge on any atom is -0.458 e. The van der Waals surface area contributed by atoms with Crippen LogP contribution in [-0.2, 0) is 34.1 Å². The third-order valence-corrected chi connectivity index (χ3v) is 14.7. The van der Waals surface area contributed by atoms with Gasteiger partial charge in [-0.25, -0.2) is 4.98 Å². The molecule has 62 heavy (non-hydrogen) atoms. The largest absolute Gasteiger partial charge is 0.458 e. The number of fused-ring (bicyclic) bond motifs is 6. The Morgan fingerprint density at radius 2 is 1.39 bits per heavy atom. The van der Waals surface area contributed by atoms with E-state index < -0.39 is 6.98 Å². The van der Waals surface area contributed by atoms with Crippen LogP contribution in [0, 0.1) is 6.33 Å². The van der Waals surface area contributed by atoms with Crippen molar-refractivity contribution in [2.75, 3.05) is 0 Å². The van der Waals surface area contributed by atoms with Crippen LogP contribution in [0.15, 0.2) is 109 Å². The summed E-state index contributed by atoms with van der Waals surface area (Å²) in [5, 5.41) is 2.29. The van der Waals surface area contributed by atoms with Crippen molar-refractivity contribution in [3.8, 4) is 34.1 Å². The Balaban J connectivity index is 1.19. The Kier molecular flexibility index (Phi) is 8.13. The molecule has 5 aromatic carbocycles. The van der Waals surface area contributed by atoms with Crippen molar-refractivity contribution in [3.05, 3.63) is 143 Å². The molecule has 5 heteroatoms. The molecule has 0 spiro atoms. The molecule has 0 saturated carbocycles. The zero-order valence-electron chi connectivity index (χ0n) is 41.4. The molecule has 0 amide bonds. The summed E-state index contributed by atoms with van der Waals surface area (Å²) in [5.41, 5.74) is 13.1. The van der Waals surface area contributed by atoms with Crippen molar-refractivity contribution in [3.63, 3.8) is 0 Å². The van der Waals surface area contributed by atoms with Crippen molar-refractivity contribution in [2.45, 2.75) is 129 Å². The Morgan fingerprint density at radius 3 is 2.15 bits per heavy atom. The maximum Gasteiger partial charge on any atom is 0.244 e. The molecule has 2 aliphatic carbocycles. The van der Waals surface area contributed by atoms with Crippen LogP contribution in [0.3, 0.4) is 0 Å². The number of nitrogens with zero attached hydrogens (tertiary/aromatic N) is 4. The molecule has 2 aliphatic rings. The van der Waals surface area contributed by atoms with Crippen molar-refractivity contribution >= 4 is 32.8 Å². The van der Waals surface area contributed by atoms with Crippen molar-refractivity contribution in [2.24, 2.45) is 6.98 Å². The molecule has 0 fully saturated rings. The molecule has 3 heterocycles. The minimum atomic E-state index is -2.40. The van der Waals surface area contributed by atoms with E-state index in [0.29, 0.717) is 11.3 Å². The predicted molar refractivity (Wildman–Crippen MR) is 257 cm³/mol. The van der Waals surface area contributed by atoms with E-state index in [1.54, 1.807) is 0 Å². The van der Waals surface area contributed by atoms with Crippen molar-refractivity contribution in [1.29, 1.82) is 0 Å². The smallest absolute Gasteiger partial charge is 0.244 e. The lowest BCUT2D eigenvalue weighted by Gasteiger charge is -2.43. The molecule has 5 nitrogen and oxygen atoms in total. The number of rotatable bonds is 5. The fraction of sp³-hybridized carbons (Fsp3) is 0.368. The number of pyridine rings is 1. The van der Waals surface area contributed by atoms with E-state index in [-0.39, 0.29) is 27.1 Å². The second-order valence-corrected chi connectivity index (χ2v) is 21.9. The van der Waals surface area contributed by atoms with E-state index in [4.69, 9.17) is 13.8 Å². The second kappa shape index (κ2) is 13.7. The summed E-state index contributed by atoms with van der Waals surface area (Å²) in [7, 11) is 0. The topological polar surface area (TPSA) is 35.9 Å². The number of benzene rings is 5. The quantitative estimate of drug-likeness (QED) is 0.128. The van der Waals surface area contributed by atoms with Crippen LogP contribution in [0.4, 0.5) is 0 Å². The van der Waals surface area contributed by atoms with E-state index >= 15 is 0 Å². The molecular weight excluding hydrogens is 757 g/mol. The lowest BCUT2D eigenvalue weighted by Crippen LogP contribution is -2.34. The van der Waals surface area contributed by atoms with Crippen LogP contribution in [0.1, 0.15) is 134 Å². The molecular formula is C57H62N4O. The molecule has 3 aromatic heterocycles. The van der Waals surface area contributed by atoms with Crippen LogP contribution in [-0.4, -0.2) is 14.1 Å². The first kappa shape index (κ1) is 36.9. The van der Waals surface area contributed by atoms with Gasteiger partial charge in [-0.05, 0) is 129 Å². The molecule has 0 unspecified atom stereocenters. The van der Waals surface area contributed by atoms with Gasteiger partial charge in [-0.2, -0.15) is 0 Å². The Labute approximate surface area is 372 Å². The number of imidazole rings is 1. The number of aryl methyl sites for hydroxylation is 1. The van der Waals surface area contributed by atoms with Gasteiger partial charge in [0.2, 0.25) is 6.33 Å². The lowest BCUT2D eigenvalue weighted by molar-refractivity contribution is -0.649. The molecule has 0 radical (unpaired) electrons. The van der Waals surface area contributed by atoms with Crippen molar-refractivity contribution in [1.82, 2.24) is 14.1 Å². The molecule has 0 saturated heterocycles. The summed E-state index contributed by atoms with van der Waals surface area (Å²) in [6, 6.07) is 36.7. The number of hydrogen-bond donors (Lipinski definition) is 0. The molecule has 0 aliphatic heterocycles. The van der Waals surface area contributed by atoms with Gasteiger partial charge in [0.25, 0.3) is 0 Å². The van der Waals surface area contributed by atoms with Gasteiger partial charge in [-0.1, -0.05) is 131 Å². The maximum atomic E-state index is 8.36. The molecule has 316 valence electrons. The SMILES string of the molecule is [2H]C([2H])([2H])[n+]1[c-]n(-c2cc(Oc3ccc4c5cc(-c6cccc7c6C(C)(C)CCC7(C)C)ccc5n(-c5cc(C(C)(C)C)ccn5)c4c3)c3c(c2)C(C)(C)CCC3(C)C)c2ccccc21. The van der Waals surface area contributed by atoms with Crippen LogP contribution >= 0.6 is 0 Å². The summed E-state index contributed by atoms with van der Waals surface area (Å²) >= 11 is 0. The zero-order chi connectivity index (χ0) is 46.2. The first-order valence-electron chi connectivity index (χ1n) is 24.0. The van der Waals surface area contributed by atoms with E-state index in [1.807, 2.05) is 35.0 Å². The first-order chi connectivity index (χ1) is 30.4. The molecule has 0 N–H and O–H groups in total. The molecule has 0 bridgehead atoms. The van der Waals surface area contributed by atoms with Crippen LogP contribution in [0.5, 0.6) is 11.5 Å². The van der Waals surface area contributed by atoms with Gasteiger partial charge in [0, 0.05) is 28.6 Å². The summed E-state index contributed by atoms with van der Waals surface area (Å²) in [4.78, 5) is 5.04. The Bertz CT molecular complexity index is 3220. The lowest BCUT2D eigenvalue weighted by atomic mass is 9.61. The van der Waals surface area contributed by atoms with E-state index in [0.717, 1.165) is 63.8 Å². The Hall–Kier alpha value is -5.68. The summed E-state index contributed by atoms with van der Waals surface area (Å²) in [6.07, 6.45) is 9.48. The minimum absolute atomic E-state index is 0.0529. The van der Waals surface area contributed by atoms with E-state index in [2.05, 4.69) is 166 Å². The highest BCUT2D eigenvalue weighted by atomic mass is 16.5. The third kappa shape index (κ3) is 6.40. The number of para-hydroxylation sites is 2. The average Bonchev–Trinajstić information content (AvgIpc) is 3.80. The van der Waals surface area contributed by atoms with Gasteiger partial charge in [-0.15, -0.1) is 0 Å². The van der Waals surface area contributed by atoms with Gasteiger partial charge in [0.15, 0.2) is 0 Å². The van der Waals surface area contributed by atoms with Gasteiger partial charge in [0.05, 0.1) is 38.8 Å². The standard InChI is InChI=1S/C57H62N4O/c1-53(2,3)37-24-29-58-50(31-37)61-45-23-20-36(40-16-15-17-43-51(40)56(8,9)27-25-54(43,4)5)30-42(45)41-22-21-39(34-48(41)61)62-49-33-38(60-35-59(12)46-18-13-14-19-47(46)60)32-44-52(49)57(10,11)28-26-55(44,6)7/h13-24,29-34H,25-28H2,1-12H3/i12D3. The molecule has 0 atom stereocenters. The fourth-order valence-corrected chi connectivity index (χ4v) is 10.8. The number of hydrogen-bond acceptors (Lipinski definition) is 2. The van der Waals surface area contributed by atoms with Gasteiger partial charge in [-0.3, -0.25) is 4.57 Å². The van der Waals surface area contributed by atoms with Gasteiger partial charge < -0.3 is 13.9 Å². The average molecular weight is 822 g/mol. The molecule has 8 aromatic rings. The van der Waals surface area contributed by atoms with Crippen molar-refractivity contribution < 1.29 is 13.4 Å². The molecule has 10 rings (SSSR count). The summed E-state index contributed by atoms with van der Waals surface area (Å²) < 4.78 is 37.8. The summed E-state index contributed by atoms with van der Waals surface area (Å²) in [6.45, 7) is 23.2. The zero-order valence-corrected chi connectivity index (χ0v) is 38.4. The van der Waals surface area contributed by atoms with E-state index in [9.17, 15) is 0 Å². The Morgan fingerprint density at radius 1 is 0.661 bits per heavy atom. The highest BCUT2D eigenvalue weighted by molar-refractivity contribution is 6.11. The predicted octanol–water partition coefficient (Wildman–Crippen LogP) is 14.2. The first-order valence-corrected chi connectivity index (χ1v) is 22.5. The number of ether oxygens (including phenoxy) is 1. The third-order valence-electron chi connectivity index (χ3n) is 14.7. The summed E-state index contributed by atoms with van der Waals surface area (Å²) in [5.74, 6) is 2.34. The second-order valence-electron chi connectivity index (χ2n) is 21.9. The van der Waals surface area contributed by atoms with Gasteiger partial charge in [0.1, 0.15) is 17.3 Å². The van der Waals surface area contributed by atoms with Gasteiger partial charge >= 0.3 is 0 Å². The normalized spacial score (nSPS) is 18.5. The van der Waals surface area contributed by atoms with Crippen LogP contribution in [0.2, 0.25) is 0 Å². The maximum absolute atomic E-state index is 8.36. The highest BCUT2D eigenvalue weighted by Crippen LogP contribution is 2.52. The van der Waals surface area contributed by atoms with E-state index in [1.165, 1.54) is 49.9 Å². The highest BCUT2D eigenvalue weighted by Gasteiger charge is 2.41. The number of aromatic nitrogens is 4. The van der Waals surface area contributed by atoms with Crippen LogP contribution in [0.25, 0.3) is 55.5 Å².